The van der Waals surface area contributed by atoms with E-state index in [2.05, 4.69) is 32.4 Å². The number of aromatic amines is 1. The van der Waals surface area contributed by atoms with Gasteiger partial charge >= 0.3 is 5.69 Å². The molecule has 0 aliphatic heterocycles. The lowest BCUT2D eigenvalue weighted by molar-refractivity contribution is 0.533. The summed E-state index contributed by atoms with van der Waals surface area (Å²) in [6.45, 7) is 8.78. The maximum absolute atomic E-state index is 11.8. The zero-order valence-electron chi connectivity index (χ0n) is 12.7. The van der Waals surface area contributed by atoms with Gasteiger partial charge in [-0.3, -0.25) is 4.57 Å². The average molecular weight is 308 g/mol. The molecule has 0 aliphatic carbocycles. The summed E-state index contributed by atoms with van der Waals surface area (Å²) in [6, 6.07) is 0.0406. The number of H-pyrrole nitrogens is 1. The van der Waals surface area contributed by atoms with Crippen LogP contribution in [0.4, 0.5) is 5.82 Å². The van der Waals surface area contributed by atoms with E-state index in [4.69, 9.17) is 0 Å². The SMILES string of the molecule is CCNc1ncnc(Sc2n[nH]c(=O)n2C(C)C)c1CC. The van der Waals surface area contributed by atoms with Crippen LogP contribution in [0.5, 0.6) is 0 Å². The standard InChI is InChI=1S/C13H20N6OS/c1-5-9-10(14-6-2)15-7-16-11(9)21-13-18-17-12(20)19(13)8(3)4/h7-8H,5-6H2,1-4H3,(H,17,20)(H,14,15,16). The van der Waals surface area contributed by atoms with E-state index in [1.54, 1.807) is 4.57 Å². The summed E-state index contributed by atoms with van der Waals surface area (Å²) >= 11 is 1.38. The molecule has 0 saturated heterocycles. The Balaban J connectivity index is 2.40. The lowest BCUT2D eigenvalue weighted by Crippen LogP contribution is -2.19. The third kappa shape index (κ3) is 3.26. The van der Waals surface area contributed by atoms with Crippen LogP contribution in [0.1, 0.15) is 39.3 Å². The highest BCUT2D eigenvalue weighted by atomic mass is 32.2. The molecule has 0 aliphatic rings. The highest BCUT2D eigenvalue weighted by molar-refractivity contribution is 7.99. The van der Waals surface area contributed by atoms with Gasteiger partial charge in [-0.1, -0.05) is 6.92 Å². The highest BCUT2D eigenvalue weighted by Crippen LogP contribution is 2.30. The molecule has 0 radical (unpaired) electrons. The molecule has 2 rings (SSSR count). The molecule has 0 spiro atoms. The number of aromatic nitrogens is 5. The zero-order chi connectivity index (χ0) is 15.4. The Labute approximate surface area is 127 Å². The van der Waals surface area contributed by atoms with Crippen molar-refractivity contribution in [3.8, 4) is 0 Å². The first-order chi connectivity index (χ1) is 10.1. The van der Waals surface area contributed by atoms with Gasteiger partial charge in [-0.05, 0) is 39.0 Å². The Morgan fingerprint density at radius 1 is 1.38 bits per heavy atom. The van der Waals surface area contributed by atoms with Gasteiger partial charge in [-0.25, -0.2) is 19.9 Å². The largest absolute Gasteiger partial charge is 0.370 e. The first-order valence-electron chi connectivity index (χ1n) is 7.00. The molecule has 0 aromatic carbocycles. The van der Waals surface area contributed by atoms with Crippen LogP contribution in [0.3, 0.4) is 0 Å². The molecule has 0 amide bonds. The van der Waals surface area contributed by atoms with Crippen LogP contribution in [0.25, 0.3) is 0 Å². The minimum atomic E-state index is -0.202. The summed E-state index contributed by atoms with van der Waals surface area (Å²) in [5.41, 5.74) is 0.835. The van der Waals surface area contributed by atoms with Gasteiger partial charge in [-0.2, -0.15) is 0 Å². The van der Waals surface area contributed by atoms with Crippen molar-refractivity contribution in [2.75, 3.05) is 11.9 Å². The number of nitrogens with zero attached hydrogens (tertiary/aromatic N) is 4. The normalized spacial score (nSPS) is 11.1. The second-order valence-corrected chi connectivity index (χ2v) is 5.72. The van der Waals surface area contributed by atoms with E-state index in [9.17, 15) is 4.79 Å². The predicted octanol–water partition coefficient (Wildman–Crippen LogP) is 2.09. The molecule has 7 nitrogen and oxygen atoms in total. The zero-order valence-corrected chi connectivity index (χ0v) is 13.5. The van der Waals surface area contributed by atoms with Gasteiger partial charge in [0.1, 0.15) is 17.2 Å². The smallest absolute Gasteiger partial charge is 0.344 e. The molecule has 2 heterocycles. The number of rotatable bonds is 6. The summed E-state index contributed by atoms with van der Waals surface area (Å²) in [6.07, 6.45) is 2.34. The van der Waals surface area contributed by atoms with Crippen molar-refractivity contribution in [2.45, 2.75) is 50.3 Å². The van der Waals surface area contributed by atoms with Gasteiger partial charge in [0.05, 0.1) is 0 Å². The van der Waals surface area contributed by atoms with Crippen molar-refractivity contribution in [1.29, 1.82) is 0 Å². The Morgan fingerprint density at radius 3 is 2.76 bits per heavy atom. The van der Waals surface area contributed by atoms with Crippen molar-refractivity contribution in [2.24, 2.45) is 0 Å². The molecule has 8 heteroatoms. The van der Waals surface area contributed by atoms with Crippen LogP contribution < -0.4 is 11.0 Å². The Kier molecular flexibility index (Phi) is 5.00. The van der Waals surface area contributed by atoms with E-state index in [-0.39, 0.29) is 11.7 Å². The van der Waals surface area contributed by atoms with E-state index >= 15 is 0 Å². The van der Waals surface area contributed by atoms with E-state index in [0.29, 0.717) is 5.16 Å². The first kappa shape index (κ1) is 15.6. The molecule has 0 atom stereocenters. The summed E-state index contributed by atoms with van der Waals surface area (Å²) < 4.78 is 1.62. The first-order valence-corrected chi connectivity index (χ1v) is 7.82. The number of anilines is 1. The number of hydrogen-bond donors (Lipinski definition) is 2. The van der Waals surface area contributed by atoms with Crippen molar-refractivity contribution in [3.05, 3.63) is 22.4 Å². The summed E-state index contributed by atoms with van der Waals surface area (Å²) in [7, 11) is 0. The topological polar surface area (TPSA) is 88.5 Å². The molecule has 0 bridgehead atoms. The maximum Gasteiger partial charge on any atom is 0.344 e. The fourth-order valence-corrected chi connectivity index (χ4v) is 3.15. The maximum atomic E-state index is 11.8. The van der Waals surface area contributed by atoms with Crippen LogP contribution in [0.15, 0.2) is 21.3 Å². The van der Waals surface area contributed by atoms with Crippen molar-refractivity contribution in [1.82, 2.24) is 24.7 Å². The van der Waals surface area contributed by atoms with Crippen LogP contribution in [0, 0.1) is 0 Å². The van der Waals surface area contributed by atoms with Crippen LogP contribution >= 0.6 is 11.8 Å². The highest BCUT2D eigenvalue weighted by Gasteiger charge is 2.17. The molecule has 0 saturated carbocycles. The van der Waals surface area contributed by atoms with Gasteiger partial charge in [0.25, 0.3) is 0 Å². The lowest BCUT2D eigenvalue weighted by atomic mass is 10.2. The molecule has 114 valence electrons. The second kappa shape index (κ2) is 6.75. The van der Waals surface area contributed by atoms with E-state index < -0.39 is 0 Å². The molecular weight excluding hydrogens is 288 g/mol. The average Bonchev–Trinajstić information content (AvgIpc) is 2.80. The Bertz CT molecular complexity index is 663. The molecule has 21 heavy (non-hydrogen) atoms. The van der Waals surface area contributed by atoms with E-state index in [0.717, 1.165) is 29.4 Å². The van der Waals surface area contributed by atoms with E-state index in [1.807, 2.05) is 20.8 Å². The second-order valence-electron chi connectivity index (χ2n) is 4.77. The Hall–Kier alpha value is -1.83. The third-order valence-electron chi connectivity index (χ3n) is 2.98. The fourth-order valence-electron chi connectivity index (χ4n) is 2.03. The van der Waals surface area contributed by atoms with Crippen molar-refractivity contribution >= 4 is 17.6 Å². The molecule has 2 aromatic rings. The van der Waals surface area contributed by atoms with Crippen LogP contribution in [-0.2, 0) is 6.42 Å². The molecule has 0 unspecified atom stereocenters. The summed E-state index contributed by atoms with van der Waals surface area (Å²) in [5.74, 6) is 0.839. The van der Waals surface area contributed by atoms with Crippen LogP contribution in [0.2, 0.25) is 0 Å². The minimum Gasteiger partial charge on any atom is -0.370 e. The number of nitrogens with one attached hydrogen (secondary N) is 2. The van der Waals surface area contributed by atoms with Crippen molar-refractivity contribution < 1.29 is 0 Å². The van der Waals surface area contributed by atoms with Gasteiger partial charge < -0.3 is 5.32 Å². The quantitative estimate of drug-likeness (QED) is 0.794. The molecule has 2 N–H and O–H groups in total. The van der Waals surface area contributed by atoms with Gasteiger partial charge in [0.15, 0.2) is 5.16 Å². The summed E-state index contributed by atoms with van der Waals surface area (Å²) in [5, 5.41) is 11.3. The lowest BCUT2D eigenvalue weighted by Gasteiger charge is -2.12. The third-order valence-corrected chi connectivity index (χ3v) is 4.00. The van der Waals surface area contributed by atoms with Gasteiger partial charge in [-0.15, -0.1) is 5.10 Å². The summed E-state index contributed by atoms with van der Waals surface area (Å²) in [4.78, 5) is 20.4. The minimum absolute atomic E-state index is 0.0406. The Morgan fingerprint density at radius 2 is 2.14 bits per heavy atom. The number of hydrogen-bond acceptors (Lipinski definition) is 6. The molecule has 2 aromatic heterocycles. The van der Waals surface area contributed by atoms with Crippen LogP contribution in [-0.4, -0.2) is 31.3 Å². The van der Waals surface area contributed by atoms with Crippen molar-refractivity contribution in [3.63, 3.8) is 0 Å². The van der Waals surface area contributed by atoms with E-state index in [1.165, 1.54) is 18.1 Å². The van der Waals surface area contributed by atoms with Gasteiger partial charge in [0.2, 0.25) is 0 Å². The molecular formula is C13H20N6OS. The molecule has 0 fully saturated rings. The monoisotopic (exact) mass is 308 g/mol. The fraction of sp³-hybridized carbons (Fsp3) is 0.538. The predicted molar refractivity (Wildman–Crippen MR) is 82.9 cm³/mol. The van der Waals surface area contributed by atoms with Gasteiger partial charge in [0, 0.05) is 18.2 Å².